The summed E-state index contributed by atoms with van der Waals surface area (Å²) in [6.45, 7) is 6.84. The number of hydrogen-bond acceptors (Lipinski definition) is 4. The zero-order chi connectivity index (χ0) is 17.5. The van der Waals surface area contributed by atoms with Crippen LogP contribution in [0.25, 0.3) is 0 Å². The highest BCUT2D eigenvalue weighted by Gasteiger charge is 2.41. The van der Waals surface area contributed by atoms with Crippen LogP contribution in [0.5, 0.6) is 0 Å². The van der Waals surface area contributed by atoms with Crippen LogP contribution in [0.3, 0.4) is 0 Å². The molecule has 0 aliphatic carbocycles. The fraction of sp³-hybridized carbons (Fsp3) is 0.588. The number of ether oxygens (including phenoxy) is 1. The fourth-order valence-electron chi connectivity index (χ4n) is 3.27. The summed E-state index contributed by atoms with van der Waals surface area (Å²) in [7, 11) is -3.48. The molecule has 0 radical (unpaired) electrons. The van der Waals surface area contributed by atoms with Gasteiger partial charge in [-0.25, -0.2) is 13.2 Å². The van der Waals surface area contributed by atoms with E-state index in [0.29, 0.717) is 24.5 Å². The Hall–Kier alpha value is -1.60. The Balaban J connectivity index is 1.76. The van der Waals surface area contributed by atoms with Crippen LogP contribution in [-0.2, 0) is 21.3 Å². The number of fused-ring (bicyclic) bond motifs is 1. The number of nitrogens with zero attached hydrogens (tertiary/aromatic N) is 2. The first kappa shape index (κ1) is 17.2. The highest BCUT2D eigenvalue weighted by Crippen LogP contribution is 2.34. The van der Waals surface area contributed by atoms with E-state index < -0.39 is 15.6 Å². The van der Waals surface area contributed by atoms with Crippen molar-refractivity contribution in [2.24, 2.45) is 0 Å². The summed E-state index contributed by atoms with van der Waals surface area (Å²) in [5, 5.41) is 0. The van der Waals surface area contributed by atoms with Crippen LogP contribution in [0.15, 0.2) is 29.2 Å². The van der Waals surface area contributed by atoms with Crippen LogP contribution >= 0.6 is 0 Å². The van der Waals surface area contributed by atoms with E-state index in [0.717, 1.165) is 18.4 Å². The third-order valence-corrected chi connectivity index (χ3v) is 6.34. The van der Waals surface area contributed by atoms with E-state index in [1.54, 1.807) is 17.0 Å². The van der Waals surface area contributed by atoms with Gasteiger partial charge in [-0.3, -0.25) is 0 Å². The number of piperidine rings is 1. The molecule has 1 aromatic carbocycles. The lowest BCUT2D eigenvalue weighted by atomic mass is 10.1. The van der Waals surface area contributed by atoms with Gasteiger partial charge >= 0.3 is 6.09 Å². The summed E-state index contributed by atoms with van der Waals surface area (Å²) < 4.78 is 32.5. The largest absolute Gasteiger partial charge is 0.444 e. The molecule has 0 aromatic heterocycles. The van der Waals surface area contributed by atoms with E-state index in [4.69, 9.17) is 4.74 Å². The summed E-state index contributed by atoms with van der Waals surface area (Å²) >= 11 is 0. The lowest BCUT2D eigenvalue weighted by molar-refractivity contribution is 0.0154. The van der Waals surface area contributed by atoms with Gasteiger partial charge in [-0.1, -0.05) is 18.2 Å². The second-order valence-electron chi connectivity index (χ2n) is 7.38. The predicted octanol–water partition coefficient (Wildman–Crippen LogP) is 2.59. The molecule has 0 N–H and O–H groups in total. The third kappa shape index (κ3) is 3.28. The fourth-order valence-corrected chi connectivity index (χ4v) is 5.11. The first-order valence-corrected chi connectivity index (χ1v) is 9.70. The van der Waals surface area contributed by atoms with Gasteiger partial charge in [0.2, 0.25) is 10.0 Å². The molecular formula is C17H24N2O4S. The van der Waals surface area contributed by atoms with Gasteiger partial charge in [-0.05, 0) is 45.2 Å². The summed E-state index contributed by atoms with van der Waals surface area (Å²) in [5.41, 5.74) is 0.270. The van der Waals surface area contributed by atoms with Gasteiger partial charge in [0.05, 0.1) is 4.90 Å². The molecule has 6 nitrogen and oxygen atoms in total. The predicted molar refractivity (Wildman–Crippen MR) is 90.0 cm³/mol. The Morgan fingerprint density at radius 1 is 1.25 bits per heavy atom. The number of likely N-dealkylation sites (tertiary alicyclic amines) is 1. The van der Waals surface area contributed by atoms with E-state index in [1.165, 1.54) is 4.31 Å². The molecule has 2 heterocycles. The zero-order valence-electron chi connectivity index (χ0n) is 14.4. The second-order valence-corrected chi connectivity index (χ2v) is 9.24. The van der Waals surface area contributed by atoms with Crippen molar-refractivity contribution in [2.75, 3.05) is 13.1 Å². The Kier molecular flexibility index (Phi) is 4.34. The van der Waals surface area contributed by atoms with Gasteiger partial charge in [0, 0.05) is 25.7 Å². The Morgan fingerprint density at radius 2 is 1.96 bits per heavy atom. The molecular weight excluding hydrogens is 328 g/mol. The van der Waals surface area contributed by atoms with Gasteiger partial charge in [0.25, 0.3) is 0 Å². The van der Waals surface area contributed by atoms with Gasteiger partial charge in [0.1, 0.15) is 5.60 Å². The minimum atomic E-state index is -3.48. The Bertz CT molecular complexity index is 739. The molecule has 3 rings (SSSR count). The van der Waals surface area contributed by atoms with E-state index in [9.17, 15) is 13.2 Å². The average molecular weight is 352 g/mol. The first-order valence-electron chi connectivity index (χ1n) is 8.26. The summed E-state index contributed by atoms with van der Waals surface area (Å²) in [6, 6.07) is 6.89. The van der Waals surface area contributed by atoms with Gasteiger partial charge in [-0.15, -0.1) is 0 Å². The van der Waals surface area contributed by atoms with Crippen LogP contribution in [0, 0.1) is 0 Å². The lowest BCUT2D eigenvalue weighted by Crippen LogP contribution is -2.50. The molecule has 132 valence electrons. The number of sulfonamides is 1. The van der Waals surface area contributed by atoms with Gasteiger partial charge in [-0.2, -0.15) is 4.31 Å². The molecule has 1 fully saturated rings. The van der Waals surface area contributed by atoms with Crippen LogP contribution in [0.2, 0.25) is 0 Å². The maximum absolute atomic E-state index is 12.8. The van der Waals surface area contributed by atoms with E-state index in [-0.39, 0.29) is 12.1 Å². The Morgan fingerprint density at radius 3 is 2.62 bits per heavy atom. The van der Waals surface area contributed by atoms with E-state index >= 15 is 0 Å². The quantitative estimate of drug-likeness (QED) is 0.779. The summed E-state index contributed by atoms with van der Waals surface area (Å²) in [5.74, 6) is 0. The third-order valence-electron chi connectivity index (χ3n) is 4.34. The first-order chi connectivity index (χ1) is 11.2. The van der Waals surface area contributed by atoms with Gasteiger partial charge in [0.15, 0.2) is 0 Å². The van der Waals surface area contributed by atoms with Crippen LogP contribution in [0.4, 0.5) is 4.79 Å². The Labute approximate surface area is 143 Å². The van der Waals surface area contributed by atoms with E-state index in [2.05, 4.69) is 0 Å². The maximum Gasteiger partial charge on any atom is 0.410 e. The summed E-state index contributed by atoms with van der Waals surface area (Å²) in [6.07, 6.45) is 1.15. The molecule has 1 atom stereocenters. The number of carbonyl (C=O) groups is 1. The molecule has 2 aliphatic rings. The van der Waals surface area contributed by atoms with E-state index in [1.807, 2.05) is 32.9 Å². The second kappa shape index (κ2) is 6.04. The van der Waals surface area contributed by atoms with Crippen molar-refractivity contribution in [3.05, 3.63) is 29.8 Å². The monoisotopic (exact) mass is 352 g/mol. The van der Waals surface area contributed by atoms with Crippen LogP contribution in [-0.4, -0.2) is 48.4 Å². The van der Waals surface area contributed by atoms with Crippen molar-refractivity contribution in [3.8, 4) is 0 Å². The zero-order valence-corrected chi connectivity index (χ0v) is 15.2. The van der Waals surface area contributed by atoms with Crippen LogP contribution < -0.4 is 0 Å². The average Bonchev–Trinajstić information content (AvgIpc) is 2.78. The molecule has 7 heteroatoms. The highest BCUT2D eigenvalue weighted by atomic mass is 32.2. The maximum atomic E-state index is 12.8. The van der Waals surface area contributed by atoms with Crippen LogP contribution in [0.1, 0.15) is 39.2 Å². The smallest absolute Gasteiger partial charge is 0.410 e. The summed E-state index contributed by atoms with van der Waals surface area (Å²) in [4.78, 5) is 14.3. The molecule has 2 aliphatic heterocycles. The van der Waals surface area contributed by atoms with Crippen molar-refractivity contribution in [1.29, 1.82) is 0 Å². The van der Waals surface area contributed by atoms with Crippen molar-refractivity contribution in [3.63, 3.8) is 0 Å². The number of benzene rings is 1. The molecule has 1 aromatic rings. The van der Waals surface area contributed by atoms with Crippen molar-refractivity contribution < 1.29 is 17.9 Å². The lowest BCUT2D eigenvalue weighted by Gasteiger charge is -2.37. The standard InChI is InChI=1S/C17H24N2O4S/c1-17(2,3)23-16(20)18-10-6-8-14(12-18)19-11-13-7-4-5-9-15(13)24(19,21)22/h4-5,7,9,14H,6,8,10-12H2,1-3H3/t14-/m0/s1. The molecule has 24 heavy (non-hydrogen) atoms. The van der Waals surface area contributed by atoms with Crippen molar-refractivity contribution in [1.82, 2.24) is 9.21 Å². The van der Waals surface area contributed by atoms with Crippen molar-refractivity contribution >= 4 is 16.1 Å². The number of rotatable bonds is 1. The van der Waals surface area contributed by atoms with Gasteiger partial charge < -0.3 is 9.64 Å². The molecule has 0 bridgehead atoms. The molecule has 1 amide bonds. The normalized spacial score (nSPS) is 23.8. The topological polar surface area (TPSA) is 66.9 Å². The number of amides is 1. The highest BCUT2D eigenvalue weighted by molar-refractivity contribution is 7.89. The number of carbonyl (C=O) groups excluding carboxylic acids is 1. The molecule has 0 unspecified atom stereocenters. The SMILES string of the molecule is CC(C)(C)OC(=O)N1CCC[C@H](N2Cc3ccccc3S2(=O)=O)C1. The minimum absolute atomic E-state index is 0.205. The molecule has 0 saturated carbocycles. The molecule has 0 spiro atoms. The minimum Gasteiger partial charge on any atom is -0.444 e. The number of hydrogen-bond donors (Lipinski definition) is 0. The molecule has 1 saturated heterocycles. The van der Waals surface area contributed by atoms with Crippen molar-refractivity contribution in [2.45, 2.75) is 56.7 Å².